The van der Waals surface area contributed by atoms with Gasteiger partial charge in [-0.05, 0) is 36.6 Å². The summed E-state index contributed by atoms with van der Waals surface area (Å²) in [4.78, 5) is 12.4. The van der Waals surface area contributed by atoms with Crippen molar-refractivity contribution in [2.24, 2.45) is 5.84 Å². The van der Waals surface area contributed by atoms with Crippen LogP contribution in [0.15, 0.2) is 36.4 Å². The molecule has 4 N–H and O–H groups in total. The molecule has 1 amide bonds. The second-order valence-corrected chi connectivity index (χ2v) is 4.72. The number of nitrogens with one attached hydrogen (secondary N) is 2. The number of amides is 1. The molecule has 0 radical (unpaired) electrons. The maximum Gasteiger partial charge on any atom is 0.257 e. The molecule has 0 saturated carbocycles. The minimum absolute atomic E-state index is 0.0124. The Morgan fingerprint density at radius 1 is 1.19 bits per heavy atom. The van der Waals surface area contributed by atoms with Gasteiger partial charge < -0.3 is 10.7 Å². The van der Waals surface area contributed by atoms with Gasteiger partial charge in [-0.2, -0.15) is 0 Å². The Labute approximate surface area is 123 Å². The zero-order valence-corrected chi connectivity index (χ0v) is 12.0. The quantitative estimate of drug-likeness (QED) is 0.597. The lowest BCUT2D eigenvalue weighted by atomic mass is 10.0. The molecule has 0 unspecified atom stereocenters. The first-order chi connectivity index (χ1) is 10.1. The number of nitrogens with two attached hydrogens (primary N) is 1. The Morgan fingerprint density at radius 2 is 1.90 bits per heavy atom. The first kappa shape index (κ1) is 15.0. The van der Waals surface area contributed by atoms with Gasteiger partial charge in [0.15, 0.2) is 0 Å². The van der Waals surface area contributed by atoms with E-state index >= 15 is 0 Å². The number of nitrogen functional groups attached to an aromatic ring is 1. The van der Waals surface area contributed by atoms with E-state index in [1.807, 2.05) is 32.0 Å². The number of anilines is 2. The molecule has 2 rings (SSSR count). The minimum atomic E-state index is -0.564. The second kappa shape index (κ2) is 6.37. The Balaban J connectivity index is 2.38. The molecule has 0 atom stereocenters. The third kappa shape index (κ3) is 3.03. The summed E-state index contributed by atoms with van der Waals surface area (Å²) in [5.74, 6) is 4.34. The van der Waals surface area contributed by atoms with Gasteiger partial charge in [0.25, 0.3) is 5.91 Å². The van der Waals surface area contributed by atoms with Gasteiger partial charge in [0.2, 0.25) is 0 Å². The van der Waals surface area contributed by atoms with Crippen LogP contribution in [0.4, 0.5) is 15.8 Å². The van der Waals surface area contributed by atoms with Crippen LogP contribution in [0.2, 0.25) is 0 Å². The zero-order chi connectivity index (χ0) is 15.4. The molecule has 0 aromatic heterocycles. The van der Waals surface area contributed by atoms with E-state index in [9.17, 15) is 9.18 Å². The maximum absolute atomic E-state index is 13.7. The van der Waals surface area contributed by atoms with Gasteiger partial charge >= 0.3 is 0 Å². The molecule has 0 bridgehead atoms. The smallest absolute Gasteiger partial charge is 0.257 e. The molecule has 2 aromatic carbocycles. The van der Waals surface area contributed by atoms with Crippen LogP contribution in [0.25, 0.3) is 0 Å². The van der Waals surface area contributed by atoms with Crippen LogP contribution in [0.5, 0.6) is 0 Å². The second-order valence-electron chi connectivity index (χ2n) is 4.72. The number of halogens is 1. The summed E-state index contributed by atoms with van der Waals surface area (Å²) in [5.41, 5.74) is 5.15. The zero-order valence-electron chi connectivity index (χ0n) is 12.0. The number of carbonyl (C=O) groups is 1. The number of hydrogen-bond acceptors (Lipinski definition) is 3. The summed E-state index contributed by atoms with van der Waals surface area (Å²) >= 11 is 0. The van der Waals surface area contributed by atoms with Crippen molar-refractivity contribution in [3.05, 3.63) is 58.9 Å². The van der Waals surface area contributed by atoms with E-state index in [1.54, 1.807) is 0 Å². The van der Waals surface area contributed by atoms with Gasteiger partial charge in [-0.1, -0.05) is 31.2 Å². The number of hydrazine groups is 1. The first-order valence-corrected chi connectivity index (χ1v) is 6.73. The molecule has 0 aliphatic heterocycles. The molecule has 0 saturated heterocycles. The highest BCUT2D eigenvalue weighted by Gasteiger charge is 2.16. The molecule has 0 fully saturated rings. The first-order valence-electron chi connectivity index (χ1n) is 6.73. The van der Waals surface area contributed by atoms with Gasteiger partial charge in [0, 0.05) is 5.69 Å². The summed E-state index contributed by atoms with van der Waals surface area (Å²) in [6.45, 7) is 3.93. The van der Waals surface area contributed by atoms with Crippen LogP contribution >= 0.6 is 0 Å². The number of carbonyl (C=O) groups excluding carboxylic acids is 1. The molecule has 0 heterocycles. The average Bonchev–Trinajstić information content (AvgIpc) is 2.48. The highest BCUT2D eigenvalue weighted by molar-refractivity contribution is 6.08. The molecule has 4 nitrogen and oxygen atoms in total. The Hall–Kier alpha value is -2.40. The fraction of sp³-hybridized carbons (Fsp3) is 0.188. The van der Waals surface area contributed by atoms with Crippen molar-refractivity contribution in [3.8, 4) is 0 Å². The van der Waals surface area contributed by atoms with Crippen LogP contribution in [-0.4, -0.2) is 5.91 Å². The van der Waals surface area contributed by atoms with Gasteiger partial charge in [0.05, 0.1) is 11.3 Å². The fourth-order valence-electron chi connectivity index (χ4n) is 2.24. The summed E-state index contributed by atoms with van der Waals surface area (Å²) in [6, 6.07) is 10.1. The minimum Gasteiger partial charge on any atom is -0.321 e. The van der Waals surface area contributed by atoms with Crippen molar-refractivity contribution in [3.63, 3.8) is 0 Å². The topological polar surface area (TPSA) is 67.2 Å². The van der Waals surface area contributed by atoms with Gasteiger partial charge in [-0.25, -0.2) is 4.39 Å². The van der Waals surface area contributed by atoms with Crippen LogP contribution in [-0.2, 0) is 6.42 Å². The van der Waals surface area contributed by atoms with E-state index < -0.39 is 11.7 Å². The fourth-order valence-corrected chi connectivity index (χ4v) is 2.24. The SMILES string of the molecule is CCc1cccc(C)c1NC(=O)c1cccc(F)c1NN. The molecule has 110 valence electrons. The standard InChI is InChI=1S/C16H18FN3O/c1-3-11-7-4-6-10(2)14(11)19-16(21)12-8-5-9-13(17)15(12)20-18/h4-9,20H,3,18H2,1-2H3,(H,19,21). The van der Waals surface area contributed by atoms with E-state index in [1.165, 1.54) is 18.2 Å². The normalized spacial score (nSPS) is 10.3. The molecule has 0 aliphatic rings. The number of aryl methyl sites for hydroxylation is 2. The van der Waals surface area contributed by atoms with E-state index in [0.29, 0.717) is 0 Å². The van der Waals surface area contributed by atoms with E-state index in [2.05, 4.69) is 10.7 Å². The summed E-state index contributed by atoms with van der Waals surface area (Å²) in [7, 11) is 0. The number of rotatable bonds is 4. The third-order valence-corrected chi connectivity index (χ3v) is 3.38. The summed E-state index contributed by atoms with van der Waals surface area (Å²) in [5, 5.41) is 2.85. The van der Waals surface area contributed by atoms with Gasteiger partial charge in [0.1, 0.15) is 5.82 Å². The molecule has 0 aliphatic carbocycles. The van der Waals surface area contributed by atoms with Crippen molar-refractivity contribution < 1.29 is 9.18 Å². The number of hydrogen-bond donors (Lipinski definition) is 3. The van der Waals surface area contributed by atoms with Crippen LogP contribution in [0.3, 0.4) is 0 Å². The van der Waals surface area contributed by atoms with Crippen LogP contribution in [0, 0.1) is 12.7 Å². The monoisotopic (exact) mass is 287 g/mol. The molecule has 2 aromatic rings. The predicted octanol–water partition coefficient (Wildman–Crippen LogP) is 3.23. The largest absolute Gasteiger partial charge is 0.321 e. The van der Waals surface area contributed by atoms with E-state index in [0.717, 1.165) is 23.2 Å². The number of benzene rings is 2. The Morgan fingerprint density at radius 3 is 2.57 bits per heavy atom. The lowest BCUT2D eigenvalue weighted by Gasteiger charge is -2.14. The highest BCUT2D eigenvalue weighted by atomic mass is 19.1. The lowest BCUT2D eigenvalue weighted by molar-refractivity contribution is 0.102. The lowest BCUT2D eigenvalue weighted by Crippen LogP contribution is -2.19. The molecular weight excluding hydrogens is 269 g/mol. The molecule has 21 heavy (non-hydrogen) atoms. The molecule has 5 heteroatoms. The molecule has 0 spiro atoms. The summed E-state index contributed by atoms with van der Waals surface area (Å²) in [6.07, 6.45) is 0.794. The molecular formula is C16H18FN3O. The average molecular weight is 287 g/mol. The summed E-state index contributed by atoms with van der Waals surface area (Å²) < 4.78 is 13.7. The van der Waals surface area contributed by atoms with Crippen molar-refractivity contribution in [1.29, 1.82) is 0 Å². The Kier molecular flexibility index (Phi) is 4.55. The van der Waals surface area contributed by atoms with E-state index in [4.69, 9.17) is 5.84 Å². The van der Waals surface area contributed by atoms with Gasteiger partial charge in [-0.3, -0.25) is 10.6 Å². The van der Waals surface area contributed by atoms with Crippen molar-refractivity contribution in [1.82, 2.24) is 0 Å². The number of para-hydroxylation sites is 2. The van der Waals surface area contributed by atoms with E-state index in [-0.39, 0.29) is 11.3 Å². The van der Waals surface area contributed by atoms with Crippen molar-refractivity contribution >= 4 is 17.3 Å². The van der Waals surface area contributed by atoms with Crippen LogP contribution in [0.1, 0.15) is 28.4 Å². The van der Waals surface area contributed by atoms with Crippen molar-refractivity contribution in [2.75, 3.05) is 10.7 Å². The highest BCUT2D eigenvalue weighted by Crippen LogP contribution is 2.24. The van der Waals surface area contributed by atoms with Crippen LogP contribution < -0.4 is 16.6 Å². The van der Waals surface area contributed by atoms with Gasteiger partial charge in [-0.15, -0.1) is 0 Å². The Bertz CT molecular complexity index is 671. The van der Waals surface area contributed by atoms with Crippen molar-refractivity contribution in [2.45, 2.75) is 20.3 Å². The third-order valence-electron chi connectivity index (χ3n) is 3.38. The predicted molar refractivity (Wildman–Crippen MR) is 82.7 cm³/mol. The maximum atomic E-state index is 13.7.